The molecule has 0 bridgehead atoms. The average Bonchev–Trinajstić information content (AvgIpc) is 2.63. The van der Waals surface area contributed by atoms with Gasteiger partial charge in [-0.2, -0.15) is 0 Å². The number of carbonyl (C=O) groups is 1. The predicted molar refractivity (Wildman–Crippen MR) is 107 cm³/mol. The van der Waals surface area contributed by atoms with Gasteiger partial charge in [-0.3, -0.25) is 4.79 Å². The third-order valence-electron chi connectivity index (χ3n) is 4.50. The summed E-state index contributed by atoms with van der Waals surface area (Å²) in [6.45, 7) is 5.34. The van der Waals surface area contributed by atoms with Crippen molar-refractivity contribution in [2.45, 2.75) is 12.8 Å². The van der Waals surface area contributed by atoms with Gasteiger partial charge >= 0.3 is 0 Å². The molecular formula is C20H23IN2O. The number of nitrogens with one attached hydrogen (secondary N) is 1. The van der Waals surface area contributed by atoms with Gasteiger partial charge in [0.1, 0.15) is 0 Å². The number of ketones is 1. The monoisotopic (exact) mass is 434 g/mol. The van der Waals surface area contributed by atoms with Gasteiger partial charge in [0, 0.05) is 48.3 Å². The minimum absolute atomic E-state index is 0.215. The first-order valence-electron chi connectivity index (χ1n) is 8.51. The fourth-order valence-corrected chi connectivity index (χ4v) is 3.47. The average molecular weight is 434 g/mol. The van der Waals surface area contributed by atoms with Gasteiger partial charge in [-0.15, -0.1) is 0 Å². The van der Waals surface area contributed by atoms with Gasteiger partial charge in [0.25, 0.3) is 0 Å². The van der Waals surface area contributed by atoms with Gasteiger partial charge in [0.2, 0.25) is 0 Å². The van der Waals surface area contributed by atoms with E-state index in [9.17, 15) is 4.79 Å². The van der Waals surface area contributed by atoms with Gasteiger partial charge in [-0.1, -0.05) is 36.4 Å². The zero-order chi connectivity index (χ0) is 16.8. The van der Waals surface area contributed by atoms with Crippen molar-refractivity contribution in [2.75, 3.05) is 32.7 Å². The van der Waals surface area contributed by atoms with Crippen LogP contribution in [0.3, 0.4) is 0 Å². The number of carbonyl (C=O) groups excluding carboxylic acids is 1. The van der Waals surface area contributed by atoms with Crippen LogP contribution in [0.1, 0.15) is 21.5 Å². The Labute approximate surface area is 157 Å². The molecule has 1 saturated heterocycles. The molecule has 0 saturated carbocycles. The van der Waals surface area contributed by atoms with Crippen LogP contribution < -0.4 is 5.32 Å². The summed E-state index contributed by atoms with van der Waals surface area (Å²) in [5.74, 6) is 0.215. The molecule has 3 rings (SSSR count). The van der Waals surface area contributed by atoms with E-state index in [0.29, 0.717) is 6.42 Å². The quantitative estimate of drug-likeness (QED) is 0.560. The Kier molecular flexibility index (Phi) is 6.40. The molecule has 2 aromatic rings. The topological polar surface area (TPSA) is 32.3 Å². The van der Waals surface area contributed by atoms with Crippen LogP contribution in [0.25, 0.3) is 0 Å². The summed E-state index contributed by atoms with van der Waals surface area (Å²) in [5.41, 5.74) is 3.13. The van der Waals surface area contributed by atoms with Gasteiger partial charge in [0.15, 0.2) is 5.78 Å². The molecule has 1 heterocycles. The number of nitrogens with zero attached hydrogens (tertiary/aromatic N) is 1. The van der Waals surface area contributed by atoms with Crippen molar-refractivity contribution in [3.05, 3.63) is 68.8 Å². The van der Waals surface area contributed by atoms with E-state index in [1.807, 2.05) is 30.3 Å². The molecule has 1 aliphatic heterocycles. The molecule has 0 spiro atoms. The van der Waals surface area contributed by atoms with E-state index >= 15 is 0 Å². The Morgan fingerprint density at radius 1 is 1.04 bits per heavy atom. The first-order valence-corrected chi connectivity index (χ1v) is 9.59. The first-order chi connectivity index (χ1) is 11.7. The highest BCUT2D eigenvalue weighted by Crippen LogP contribution is 2.15. The molecule has 0 unspecified atom stereocenters. The number of piperazine rings is 1. The standard InChI is InChI=1S/C20H23IN2O/c21-18-7-5-16(6-8-18)15-20(24)19-4-2-1-3-17(19)9-12-23-13-10-22-11-14-23/h1-8,22H,9-15H2. The highest BCUT2D eigenvalue weighted by molar-refractivity contribution is 14.1. The fraction of sp³-hybridized carbons (Fsp3) is 0.350. The van der Waals surface area contributed by atoms with Crippen LogP contribution in [-0.4, -0.2) is 43.4 Å². The molecule has 2 aromatic carbocycles. The summed E-state index contributed by atoms with van der Waals surface area (Å²) >= 11 is 2.29. The number of halogens is 1. The summed E-state index contributed by atoms with van der Waals surface area (Å²) in [7, 11) is 0. The number of rotatable bonds is 6. The molecule has 24 heavy (non-hydrogen) atoms. The lowest BCUT2D eigenvalue weighted by atomic mass is 9.96. The zero-order valence-electron chi connectivity index (χ0n) is 13.8. The van der Waals surface area contributed by atoms with E-state index in [-0.39, 0.29) is 5.78 Å². The van der Waals surface area contributed by atoms with E-state index in [2.05, 4.69) is 51.0 Å². The number of hydrogen-bond acceptors (Lipinski definition) is 3. The Morgan fingerprint density at radius 3 is 2.50 bits per heavy atom. The van der Waals surface area contributed by atoms with Crippen molar-refractivity contribution < 1.29 is 4.79 Å². The predicted octanol–water partition coefficient (Wildman–Crippen LogP) is 3.16. The molecular weight excluding hydrogens is 411 g/mol. The van der Waals surface area contributed by atoms with Crippen molar-refractivity contribution in [3.63, 3.8) is 0 Å². The second-order valence-electron chi connectivity index (χ2n) is 6.23. The van der Waals surface area contributed by atoms with E-state index in [1.54, 1.807) is 0 Å². The molecule has 4 heteroatoms. The van der Waals surface area contributed by atoms with E-state index in [1.165, 1.54) is 9.13 Å². The van der Waals surface area contributed by atoms with Crippen molar-refractivity contribution >= 4 is 28.4 Å². The number of hydrogen-bond donors (Lipinski definition) is 1. The molecule has 1 fully saturated rings. The maximum Gasteiger partial charge on any atom is 0.167 e. The first kappa shape index (κ1) is 17.6. The molecule has 0 atom stereocenters. The third kappa shape index (κ3) is 4.88. The molecule has 3 nitrogen and oxygen atoms in total. The molecule has 0 amide bonds. The SMILES string of the molecule is O=C(Cc1ccc(I)cc1)c1ccccc1CCN1CCNCC1. The van der Waals surface area contributed by atoms with Crippen LogP contribution in [-0.2, 0) is 12.8 Å². The Balaban J connectivity index is 1.66. The lowest BCUT2D eigenvalue weighted by molar-refractivity contribution is 0.0992. The second kappa shape index (κ2) is 8.74. The van der Waals surface area contributed by atoms with Crippen molar-refractivity contribution in [1.82, 2.24) is 10.2 Å². The Morgan fingerprint density at radius 2 is 1.75 bits per heavy atom. The molecule has 0 radical (unpaired) electrons. The van der Waals surface area contributed by atoms with E-state index in [0.717, 1.165) is 50.3 Å². The summed E-state index contributed by atoms with van der Waals surface area (Å²) in [6.07, 6.45) is 1.41. The highest BCUT2D eigenvalue weighted by Gasteiger charge is 2.14. The van der Waals surface area contributed by atoms with Crippen LogP contribution >= 0.6 is 22.6 Å². The summed E-state index contributed by atoms with van der Waals surface area (Å²) in [4.78, 5) is 15.2. The minimum Gasteiger partial charge on any atom is -0.314 e. The van der Waals surface area contributed by atoms with Gasteiger partial charge in [0.05, 0.1) is 0 Å². The molecule has 0 aliphatic carbocycles. The Bertz CT molecular complexity index is 678. The molecule has 1 aliphatic rings. The second-order valence-corrected chi connectivity index (χ2v) is 7.47. The van der Waals surface area contributed by atoms with Gasteiger partial charge in [-0.25, -0.2) is 0 Å². The van der Waals surface area contributed by atoms with E-state index in [4.69, 9.17) is 0 Å². The summed E-state index contributed by atoms with van der Waals surface area (Å²) in [5, 5.41) is 3.38. The zero-order valence-corrected chi connectivity index (χ0v) is 16.0. The van der Waals surface area contributed by atoms with Crippen molar-refractivity contribution in [3.8, 4) is 0 Å². The van der Waals surface area contributed by atoms with Gasteiger partial charge in [-0.05, 0) is 52.3 Å². The normalized spacial score (nSPS) is 15.4. The van der Waals surface area contributed by atoms with Crippen LogP contribution in [0.5, 0.6) is 0 Å². The number of benzene rings is 2. The number of Topliss-reactive ketones (excluding diaryl/α,β-unsaturated/α-hetero) is 1. The maximum atomic E-state index is 12.7. The van der Waals surface area contributed by atoms with E-state index < -0.39 is 0 Å². The minimum atomic E-state index is 0.215. The lowest BCUT2D eigenvalue weighted by Gasteiger charge is -2.27. The largest absolute Gasteiger partial charge is 0.314 e. The van der Waals surface area contributed by atoms with Gasteiger partial charge < -0.3 is 10.2 Å². The third-order valence-corrected chi connectivity index (χ3v) is 5.22. The van der Waals surface area contributed by atoms with Crippen LogP contribution in [0.15, 0.2) is 48.5 Å². The van der Waals surface area contributed by atoms with Crippen molar-refractivity contribution in [1.29, 1.82) is 0 Å². The van der Waals surface area contributed by atoms with Crippen LogP contribution in [0.2, 0.25) is 0 Å². The summed E-state index contributed by atoms with van der Waals surface area (Å²) in [6, 6.07) is 16.3. The van der Waals surface area contributed by atoms with Crippen LogP contribution in [0, 0.1) is 3.57 Å². The molecule has 0 aromatic heterocycles. The molecule has 126 valence electrons. The lowest BCUT2D eigenvalue weighted by Crippen LogP contribution is -2.44. The Hall–Kier alpha value is -1.24. The molecule has 1 N–H and O–H groups in total. The maximum absolute atomic E-state index is 12.7. The van der Waals surface area contributed by atoms with Crippen LogP contribution in [0.4, 0.5) is 0 Å². The summed E-state index contributed by atoms with van der Waals surface area (Å²) < 4.78 is 1.19. The van der Waals surface area contributed by atoms with Crippen molar-refractivity contribution in [2.24, 2.45) is 0 Å². The smallest absolute Gasteiger partial charge is 0.167 e. The highest BCUT2D eigenvalue weighted by atomic mass is 127. The fourth-order valence-electron chi connectivity index (χ4n) is 3.11.